The molecule has 3 nitrogen and oxygen atoms in total. The van der Waals surface area contributed by atoms with Gasteiger partial charge in [-0.2, -0.15) is 0 Å². The first-order valence-electron chi connectivity index (χ1n) is 5.47. The lowest BCUT2D eigenvalue weighted by atomic mass is 10.2. The number of nitrogens with zero attached hydrogens (tertiary/aromatic N) is 2. The molecule has 0 saturated heterocycles. The highest BCUT2D eigenvalue weighted by atomic mass is 32.2. The van der Waals surface area contributed by atoms with E-state index >= 15 is 0 Å². The topological polar surface area (TPSA) is 37.8 Å². The molecule has 5 heteroatoms. The van der Waals surface area contributed by atoms with E-state index in [1.807, 2.05) is 13.1 Å². The Morgan fingerprint density at radius 3 is 2.76 bits per heavy atom. The molecule has 2 aromatic rings. The molecule has 0 aliphatic carbocycles. The zero-order valence-electron chi connectivity index (χ0n) is 10.1. The van der Waals surface area contributed by atoms with Crippen LogP contribution in [0.1, 0.15) is 25.6 Å². The van der Waals surface area contributed by atoms with Gasteiger partial charge in [0.1, 0.15) is 16.7 Å². The predicted molar refractivity (Wildman–Crippen MR) is 74.1 cm³/mol. The molecule has 0 atom stereocenters. The Bertz CT molecular complexity index is 481. The fourth-order valence-electron chi connectivity index (χ4n) is 1.31. The molecule has 0 unspecified atom stereocenters. The Kier molecular flexibility index (Phi) is 4.02. The summed E-state index contributed by atoms with van der Waals surface area (Å²) < 4.78 is 1.25. The summed E-state index contributed by atoms with van der Waals surface area (Å²) in [6.45, 7) is 4.21. The van der Waals surface area contributed by atoms with Crippen LogP contribution in [0.4, 0.5) is 5.82 Å². The number of hydrogen-bond donors (Lipinski definition) is 1. The molecule has 0 fully saturated rings. The maximum atomic E-state index is 4.57. The minimum Gasteiger partial charge on any atom is -0.373 e. The second kappa shape index (κ2) is 5.51. The summed E-state index contributed by atoms with van der Waals surface area (Å²) in [5.74, 6) is 2.10. The van der Waals surface area contributed by atoms with E-state index in [0.29, 0.717) is 5.92 Å². The highest BCUT2D eigenvalue weighted by Crippen LogP contribution is 2.31. The van der Waals surface area contributed by atoms with E-state index in [4.69, 9.17) is 0 Å². The number of anilines is 1. The third-order valence-corrected chi connectivity index (χ3v) is 4.15. The quantitative estimate of drug-likeness (QED) is 0.852. The lowest BCUT2D eigenvalue weighted by Crippen LogP contribution is -2.02. The summed E-state index contributed by atoms with van der Waals surface area (Å²) in [4.78, 5) is 9.02. The van der Waals surface area contributed by atoms with Crippen LogP contribution in [-0.4, -0.2) is 17.0 Å². The zero-order valence-corrected chi connectivity index (χ0v) is 11.7. The minimum atomic E-state index is 0.339. The third-order valence-electron chi connectivity index (χ3n) is 2.19. The standard InChI is InChI=1S/C12H15N3S2/c1-8(2)12-14-9(13-3)7-10(15-12)17-11-5-4-6-16-11/h4-8H,1-3H3,(H,13,14,15). The number of aromatic nitrogens is 2. The van der Waals surface area contributed by atoms with Crippen LogP contribution in [0.25, 0.3) is 0 Å². The molecule has 0 bridgehead atoms. The molecule has 17 heavy (non-hydrogen) atoms. The van der Waals surface area contributed by atoms with E-state index in [1.165, 1.54) is 4.21 Å². The molecule has 0 saturated carbocycles. The van der Waals surface area contributed by atoms with Gasteiger partial charge in [-0.25, -0.2) is 9.97 Å². The van der Waals surface area contributed by atoms with Gasteiger partial charge in [-0.05, 0) is 11.4 Å². The van der Waals surface area contributed by atoms with Crippen molar-refractivity contribution in [1.82, 2.24) is 9.97 Å². The SMILES string of the molecule is CNc1cc(Sc2cccs2)nc(C(C)C)n1. The fourth-order valence-corrected chi connectivity index (χ4v) is 3.03. The van der Waals surface area contributed by atoms with Crippen LogP contribution < -0.4 is 5.32 Å². The Morgan fingerprint density at radius 1 is 1.35 bits per heavy atom. The number of thiophene rings is 1. The molecular weight excluding hydrogens is 250 g/mol. The number of rotatable bonds is 4. The molecule has 0 aromatic carbocycles. The Morgan fingerprint density at radius 2 is 2.18 bits per heavy atom. The van der Waals surface area contributed by atoms with Gasteiger partial charge in [0, 0.05) is 19.0 Å². The van der Waals surface area contributed by atoms with Crippen LogP contribution in [0.3, 0.4) is 0 Å². The molecule has 0 aliphatic heterocycles. The van der Waals surface area contributed by atoms with Crippen molar-refractivity contribution < 1.29 is 0 Å². The van der Waals surface area contributed by atoms with Gasteiger partial charge >= 0.3 is 0 Å². The van der Waals surface area contributed by atoms with E-state index < -0.39 is 0 Å². The molecule has 2 rings (SSSR count). The summed E-state index contributed by atoms with van der Waals surface area (Å²) in [5, 5.41) is 6.15. The Balaban J connectivity index is 2.29. The van der Waals surface area contributed by atoms with Crippen LogP contribution in [-0.2, 0) is 0 Å². The van der Waals surface area contributed by atoms with Gasteiger partial charge in [0.2, 0.25) is 0 Å². The van der Waals surface area contributed by atoms with Gasteiger partial charge in [0.25, 0.3) is 0 Å². The summed E-state index contributed by atoms with van der Waals surface area (Å²) in [6.07, 6.45) is 0. The maximum Gasteiger partial charge on any atom is 0.134 e. The van der Waals surface area contributed by atoms with Gasteiger partial charge in [-0.3, -0.25) is 0 Å². The van der Waals surface area contributed by atoms with Crippen molar-refractivity contribution in [3.63, 3.8) is 0 Å². The van der Waals surface area contributed by atoms with Crippen molar-refractivity contribution >= 4 is 28.9 Å². The molecule has 2 heterocycles. The van der Waals surface area contributed by atoms with Gasteiger partial charge < -0.3 is 5.32 Å². The summed E-state index contributed by atoms with van der Waals surface area (Å²) in [5.41, 5.74) is 0. The maximum absolute atomic E-state index is 4.57. The minimum absolute atomic E-state index is 0.339. The molecule has 1 N–H and O–H groups in total. The summed E-state index contributed by atoms with van der Waals surface area (Å²) >= 11 is 3.41. The summed E-state index contributed by atoms with van der Waals surface area (Å²) in [7, 11) is 1.88. The van der Waals surface area contributed by atoms with Crippen LogP contribution >= 0.6 is 23.1 Å². The van der Waals surface area contributed by atoms with Gasteiger partial charge in [-0.1, -0.05) is 31.7 Å². The monoisotopic (exact) mass is 265 g/mol. The average Bonchev–Trinajstić information content (AvgIpc) is 2.81. The smallest absolute Gasteiger partial charge is 0.134 e. The van der Waals surface area contributed by atoms with Crippen molar-refractivity contribution in [2.24, 2.45) is 0 Å². The second-order valence-corrected chi connectivity index (χ2v) is 6.16. The molecule has 90 valence electrons. The first-order valence-corrected chi connectivity index (χ1v) is 7.16. The molecule has 0 spiro atoms. The number of hydrogen-bond acceptors (Lipinski definition) is 5. The molecular formula is C12H15N3S2. The van der Waals surface area contributed by atoms with E-state index in [1.54, 1.807) is 23.1 Å². The first kappa shape index (κ1) is 12.4. The number of nitrogens with one attached hydrogen (secondary N) is 1. The van der Waals surface area contributed by atoms with Crippen LogP contribution in [0.15, 0.2) is 32.8 Å². The van der Waals surface area contributed by atoms with Crippen molar-refractivity contribution in [1.29, 1.82) is 0 Å². The average molecular weight is 265 g/mol. The van der Waals surface area contributed by atoms with E-state index in [9.17, 15) is 0 Å². The van der Waals surface area contributed by atoms with Gasteiger partial charge in [-0.15, -0.1) is 11.3 Å². The second-order valence-electron chi connectivity index (χ2n) is 3.89. The van der Waals surface area contributed by atoms with Crippen molar-refractivity contribution in [2.75, 3.05) is 12.4 Å². The highest BCUT2D eigenvalue weighted by molar-refractivity contribution is 8.01. The zero-order chi connectivity index (χ0) is 12.3. The largest absolute Gasteiger partial charge is 0.373 e. The van der Waals surface area contributed by atoms with Crippen LogP contribution in [0.5, 0.6) is 0 Å². The van der Waals surface area contributed by atoms with Crippen molar-refractivity contribution in [3.8, 4) is 0 Å². The predicted octanol–water partition coefficient (Wildman–Crippen LogP) is 3.85. The Labute approximate surface area is 110 Å². The molecule has 0 amide bonds. The van der Waals surface area contributed by atoms with Crippen LogP contribution in [0, 0.1) is 0 Å². The summed E-state index contributed by atoms with van der Waals surface area (Å²) in [6, 6.07) is 6.14. The van der Waals surface area contributed by atoms with Crippen molar-refractivity contribution in [3.05, 3.63) is 29.4 Å². The van der Waals surface area contributed by atoms with Crippen LogP contribution in [0.2, 0.25) is 0 Å². The lowest BCUT2D eigenvalue weighted by molar-refractivity contribution is 0.755. The molecule has 0 radical (unpaired) electrons. The van der Waals surface area contributed by atoms with E-state index in [2.05, 4.69) is 46.6 Å². The normalized spacial score (nSPS) is 10.8. The molecule has 2 aromatic heterocycles. The fraction of sp³-hybridized carbons (Fsp3) is 0.333. The van der Waals surface area contributed by atoms with E-state index in [-0.39, 0.29) is 0 Å². The van der Waals surface area contributed by atoms with E-state index in [0.717, 1.165) is 16.7 Å². The van der Waals surface area contributed by atoms with Gasteiger partial charge in [0.05, 0.1) is 4.21 Å². The molecule has 0 aliphatic rings. The lowest BCUT2D eigenvalue weighted by Gasteiger charge is -2.08. The third kappa shape index (κ3) is 3.20. The highest BCUT2D eigenvalue weighted by Gasteiger charge is 2.08. The first-order chi connectivity index (χ1) is 8.19. The van der Waals surface area contributed by atoms with Gasteiger partial charge in [0.15, 0.2) is 0 Å². The Hall–Kier alpha value is -1.07. The van der Waals surface area contributed by atoms with Crippen molar-refractivity contribution in [2.45, 2.75) is 29.0 Å².